The molecule has 0 saturated heterocycles. The summed E-state index contributed by atoms with van der Waals surface area (Å²) in [6.45, 7) is 5.65. The first kappa shape index (κ1) is 25.4. The average molecular weight is 486 g/mol. The number of hydrogen-bond donors (Lipinski definition) is 1. The highest BCUT2D eigenvalue weighted by atomic mass is 32.2. The molecule has 9 heteroatoms. The third-order valence-corrected chi connectivity index (χ3v) is 7.59. The Kier molecular flexibility index (Phi) is 8.09. The predicted molar refractivity (Wildman–Crippen MR) is 128 cm³/mol. The molecule has 0 spiro atoms. The minimum atomic E-state index is -3.91. The fourth-order valence-electron chi connectivity index (χ4n) is 3.94. The number of benzene rings is 2. The van der Waals surface area contributed by atoms with E-state index in [9.17, 15) is 22.8 Å². The Morgan fingerprint density at radius 2 is 1.65 bits per heavy atom. The highest BCUT2D eigenvalue weighted by molar-refractivity contribution is 7.90. The lowest BCUT2D eigenvalue weighted by atomic mass is 10.1. The van der Waals surface area contributed by atoms with Gasteiger partial charge < -0.3 is 10.2 Å². The molecule has 182 valence electrons. The molecule has 0 radical (unpaired) electrons. The van der Waals surface area contributed by atoms with Gasteiger partial charge in [0.05, 0.1) is 5.56 Å². The Labute approximate surface area is 201 Å². The molecule has 8 nitrogen and oxygen atoms in total. The number of hydrogen-bond acceptors (Lipinski definition) is 5. The summed E-state index contributed by atoms with van der Waals surface area (Å²) in [5.41, 5.74) is 1.19. The summed E-state index contributed by atoms with van der Waals surface area (Å²) in [6.07, 6.45) is 0.766. The SMILES string of the molecule is CC(C)NC(=O)[C@H](C)N(CCc1ccccc1)C(=O)CCCN1C(=O)c2ccccc2S1(=O)=O. The largest absolute Gasteiger partial charge is 0.352 e. The van der Waals surface area contributed by atoms with Crippen molar-refractivity contribution in [3.05, 3.63) is 65.7 Å². The van der Waals surface area contributed by atoms with Crippen LogP contribution >= 0.6 is 0 Å². The lowest BCUT2D eigenvalue weighted by molar-refractivity contribution is -0.140. The minimum Gasteiger partial charge on any atom is -0.352 e. The molecule has 0 aliphatic carbocycles. The maximum atomic E-state index is 13.1. The highest BCUT2D eigenvalue weighted by Gasteiger charge is 2.40. The zero-order chi connectivity index (χ0) is 24.9. The van der Waals surface area contributed by atoms with E-state index in [2.05, 4.69) is 5.32 Å². The van der Waals surface area contributed by atoms with E-state index in [1.165, 1.54) is 17.0 Å². The Hall–Kier alpha value is -3.20. The number of carbonyl (C=O) groups excluding carboxylic acids is 3. The number of fused-ring (bicyclic) bond motifs is 1. The Balaban J connectivity index is 1.66. The molecule has 0 fully saturated rings. The van der Waals surface area contributed by atoms with E-state index in [-0.39, 0.29) is 47.7 Å². The maximum Gasteiger partial charge on any atom is 0.269 e. The first-order valence-corrected chi connectivity index (χ1v) is 12.9. The lowest BCUT2D eigenvalue weighted by Gasteiger charge is -2.29. The number of nitrogens with zero attached hydrogens (tertiary/aromatic N) is 2. The van der Waals surface area contributed by atoms with Crippen molar-refractivity contribution in [2.75, 3.05) is 13.1 Å². The Bertz CT molecular complexity index is 1150. The van der Waals surface area contributed by atoms with Crippen LogP contribution < -0.4 is 5.32 Å². The van der Waals surface area contributed by atoms with Crippen LogP contribution in [0.3, 0.4) is 0 Å². The van der Waals surface area contributed by atoms with Gasteiger partial charge in [-0.15, -0.1) is 0 Å². The summed E-state index contributed by atoms with van der Waals surface area (Å²) in [5, 5.41) is 2.84. The smallest absolute Gasteiger partial charge is 0.269 e. The molecule has 1 atom stereocenters. The van der Waals surface area contributed by atoms with Crippen LogP contribution in [0.5, 0.6) is 0 Å². The van der Waals surface area contributed by atoms with Crippen molar-refractivity contribution in [2.24, 2.45) is 0 Å². The molecule has 0 aromatic heterocycles. The Morgan fingerprint density at radius 3 is 2.29 bits per heavy atom. The molecule has 0 saturated carbocycles. The van der Waals surface area contributed by atoms with E-state index < -0.39 is 22.0 Å². The average Bonchev–Trinajstić information content (AvgIpc) is 3.00. The zero-order valence-corrected chi connectivity index (χ0v) is 20.5. The van der Waals surface area contributed by atoms with Crippen LogP contribution in [0, 0.1) is 0 Å². The van der Waals surface area contributed by atoms with Crippen molar-refractivity contribution in [1.29, 1.82) is 0 Å². The topological polar surface area (TPSA) is 104 Å². The molecule has 3 rings (SSSR count). The van der Waals surface area contributed by atoms with E-state index >= 15 is 0 Å². The van der Waals surface area contributed by atoms with E-state index in [4.69, 9.17) is 0 Å². The van der Waals surface area contributed by atoms with E-state index in [0.29, 0.717) is 13.0 Å². The summed E-state index contributed by atoms with van der Waals surface area (Å²) in [4.78, 5) is 39.8. The molecular weight excluding hydrogens is 454 g/mol. The molecule has 1 N–H and O–H groups in total. The van der Waals surface area contributed by atoms with Gasteiger partial charge in [-0.2, -0.15) is 0 Å². The summed E-state index contributed by atoms with van der Waals surface area (Å²) >= 11 is 0. The van der Waals surface area contributed by atoms with Crippen molar-refractivity contribution < 1.29 is 22.8 Å². The molecule has 34 heavy (non-hydrogen) atoms. The van der Waals surface area contributed by atoms with Gasteiger partial charge in [0.25, 0.3) is 15.9 Å². The van der Waals surface area contributed by atoms with Crippen LogP contribution in [-0.2, 0) is 26.0 Å². The lowest BCUT2D eigenvalue weighted by Crippen LogP contribution is -2.50. The molecule has 1 heterocycles. The molecule has 0 unspecified atom stereocenters. The van der Waals surface area contributed by atoms with Gasteiger partial charge in [0.2, 0.25) is 11.8 Å². The van der Waals surface area contributed by atoms with Gasteiger partial charge in [-0.1, -0.05) is 42.5 Å². The molecule has 1 aliphatic rings. The molecular formula is C25H31N3O5S. The second-order valence-electron chi connectivity index (χ2n) is 8.64. The molecule has 1 aliphatic heterocycles. The van der Waals surface area contributed by atoms with Crippen molar-refractivity contribution >= 4 is 27.7 Å². The monoisotopic (exact) mass is 485 g/mol. The van der Waals surface area contributed by atoms with Gasteiger partial charge >= 0.3 is 0 Å². The first-order chi connectivity index (χ1) is 16.1. The summed E-state index contributed by atoms with van der Waals surface area (Å²) in [7, 11) is -3.91. The highest BCUT2D eigenvalue weighted by Crippen LogP contribution is 2.30. The molecule has 2 aromatic carbocycles. The van der Waals surface area contributed by atoms with E-state index in [0.717, 1.165) is 9.87 Å². The quantitative estimate of drug-likeness (QED) is 0.557. The number of amides is 3. The van der Waals surface area contributed by atoms with Gasteiger partial charge in [0, 0.05) is 25.6 Å². The first-order valence-electron chi connectivity index (χ1n) is 11.4. The molecule has 2 aromatic rings. The molecule has 3 amide bonds. The van der Waals surface area contributed by atoms with Crippen LogP contribution in [-0.4, -0.2) is 60.5 Å². The number of sulfonamides is 1. The van der Waals surface area contributed by atoms with Gasteiger partial charge in [-0.05, 0) is 51.3 Å². The second-order valence-corrected chi connectivity index (χ2v) is 10.5. The normalized spacial score (nSPS) is 15.2. The third kappa shape index (κ3) is 5.64. The van der Waals surface area contributed by atoms with Crippen LogP contribution in [0.1, 0.15) is 49.5 Å². The minimum absolute atomic E-state index is 0.00482. The van der Waals surface area contributed by atoms with Crippen LogP contribution in [0.4, 0.5) is 0 Å². The maximum absolute atomic E-state index is 13.1. The van der Waals surface area contributed by atoms with Gasteiger partial charge in [-0.25, -0.2) is 12.7 Å². The third-order valence-electron chi connectivity index (χ3n) is 5.75. The fraction of sp³-hybridized carbons (Fsp3) is 0.400. The van der Waals surface area contributed by atoms with Crippen LogP contribution in [0.15, 0.2) is 59.5 Å². The van der Waals surface area contributed by atoms with E-state index in [1.54, 1.807) is 19.1 Å². The standard InChI is InChI=1S/C25H31N3O5S/c1-18(2)26-24(30)19(3)27(17-15-20-10-5-4-6-11-20)23(29)14-9-16-28-25(31)21-12-7-8-13-22(21)34(28,32)33/h4-8,10-13,18-19H,9,14-17H2,1-3H3,(H,26,30)/t19-/m0/s1. The van der Waals surface area contributed by atoms with Crippen molar-refractivity contribution in [2.45, 2.75) is 57.0 Å². The summed E-state index contributed by atoms with van der Waals surface area (Å²) < 4.78 is 26.3. The van der Waals surface area contributed by atoms with Gasteiger partial charge in [0.15, 0.2) is 0 Å². The summed E-state index contributed by atoms with van der Waals surface area (Å²) in [5.74, 6) is -1.08. The number of nitrogens with one attached hydrogen (secondary N) is 1. The van der Waals surface area contributed by atoms with Gasteiger partial charge in [0.1, 0.15) is 10.9 Å². The zero-order valence-electron chi connectivity index (χ0n) is 19.7. The van der Waals surface area contributed by atoms with Crippen molar-refractivity contribution in [3.8, 4) is 0 Å². The van der Waals surface area contributed by atoms with E-state index in [1.807, 2.05) is 44.2 Å². The fourth-order valence-corrected chi connectivity index (χ4v) is 5.55. The Morgan fingerprint density at radius 1 is 1.00 bits per heavy atom. The van der Waals surface area contributed by atoms with Gasteiger partial charge in [-0.3, -0.25) is 14.4 Å². The summed E-state index contributed by atoms with van der Waals surface area (Å²) in [6, 6.07) is 15.0. The van der Waals surface area contributed by atoms with Crippen LogP contribution in [0.2, 0.25) is 0 Å². The van der Waals surface area contributed by atoms with Crippen molar-refractivity contribution in [1.82, 2.24) is 14.5 Å². The van der Waals surface area contributed by atoms with Crippen molar-refractivity contribution in [3.63, 3.8) is 0 Å². The second kappa shape index (κ2) is 10.8. The number of rotatable bonds is 10. The number of carbonyl (C=O) groups is 3. The predicted octanol–water partition coefficient (Wildman–Crippen LogP) is 2.60. The van der Waals surface area contributed by atoms with Crippen LogP contribution in [0.25, 0.3) is 0 Å². The molecule has 0 bridgehead atoms.